The van der Waals surface area contributed by atoms with Crippen LogP contribution in [-0.2, 0) is 14.3 Å². The Balaban J connectivity index is 2.01. The molecule has 5 nitrogen and oxygen atoms in total. The highest BCUT2D eigenvalue weighted by atomic mass is 16.5. The van der Waals surface area contributed by atoms with Crippen molar-refractivity contribution in [3.05, 3.63) is 41.5 Å². The minimum absolute atomic E-state index is 0.00600. The molecule has 2 atom stereocenters. The monoisotopic (exact) mass is 289 g/mol. The maximum absolute atomic E-state index is 12.0. The minimum Gasteiger partial charge on any atom is -0.478 e. The number of carbonyl (C=O) groups excluding carboxylic acids is 1. The van der Waals surface area contributed by atoms with E-state index < -0.39 is 5.97 Å². The molecule has 21 heavy (non-hydrogen) atoms. The van der Waals surface area contributed by atoms with Crippen LogP contribution in [-0.4, -0.2) is 30.2 Å². The van der Waals surface area contributed by atoms with Crippen molar-refractivity contribution >= 4 is 18.0 Å². The van der Waals surface area contributed by atoms with Gasteiger partial charge in [0, 0.05) is 12.7 Å². The van der Waals surface area contributed by atoms with Crippen LogP contribution in [0.2, 0.25) is 0 Å². The van der Waals surface area contributed by atoms with Crippen molar-refractivity contribution in [2.45, 2.75) is 19.4 Å². The fraction of sp³-hybridized carbons (Fsp3) is 0.375. The molecule has 1 aliphatic rings. The van der Waals surface area contributed by atoms with Gasteiger partial charge in [0.2, 0.25) is 5.91 Å². The predicted octanol–water partition coefficient (Wildman–Crippen LogP) is 2.00. The van der Waals surface area contributed by atoms with Gasteiger partial charge in [0.05, 0.1) is 18.6 Å². The Labute approximate surface area is 123 Å². The Hall–Kier alpha value is -2.14. The van der Waals surface area contributed by atoms with Crippen molar-refractivity contribution in [3.63, 3.8) is 0 Å². The summed E-state index contributed by atoms with van der Waals surface area (Å²) in [5.74, 6) is -1.04. The second kappa shape index (κ2) is 7.04. The SMILES string of the molecule is CC(NC(=O)C1CCOC1)c1cccc(C=CC(=O)O)c1. The van der Waals surface area contributed by atoms with Gasteiger partial charge in [-0.05, 0) is 36.6 Å². The van der Waals surface area contributed by atoms with Crippen LogP contribution in [0, 0.1) is 5.92 Å². The summed E-state index contributed by atoms with van der Waals surface area (Å²) in [6, 6.07) is 7.32. The number of benzene rings is 1. The predicted molar refractivity (Wildman–Crippen MR) is 78.6 cm³/mol. The number of aliphatic carboxylic acids is 1. The highest BCUT2D eigenvalue weighted by Crippen LogP contribution is 2.18. The summed E-state index contributed by atoms with van der Waals surface area (Å²) in [7, 11) is 0. The molecule has 1 fully saturated rings. The number of hydrogen-bond acceptors (Lipinski definition) is 3. The lowest BCUT2D eigenvalue weighted by Gasteiger charge is -2.17. The smallest absolute Gasteiger partial charge is 0.328 e. The summed E-state index contributed by atoms with van der Waals surface area (Å²) < 4.78 is 5.21. The van der Waals surface area contributed by atoms with Gasteiger partial charge in [0.25, 0.3) is 0 Å². The number of hydrogen-bond donors (Lipinski definition) is 2. The zero-order valence-electron chi connectivity index (χ0n) is 11.9. The van der Waals surface area contributed by atoms with Crippen molar-refractivity contribution < 1.29 is 19.4 Å². The number of ether oxygens (including phenoxy) is 1. The second-order valence-electron chi connectivity index (χ2n) is 5.13. The molecule has 2 rings (SSSR count). The topological polar surface area (TPSA) is 75.6 Å². The van der Waals surface area contributed by atoms with Crippen LogP contribution < -0.4 is 5.32 Å². The van der Waals surface area contributed by atoms with Gasteiger partial charge in [-0.2, -0.15) is 0 Å². The van der Waals surface area contributed by atoms with Gasteiger partial charge >= 0.3 is 5.97 Å². The molecule has 2 N–H and O–H groups in total. The van der Waals surface area contributed by atoms with E-state index in [1.807, 2.05) is 31.2 Å². The zero-order chi connectivity index (χ0) is 15.2. The van der Waals surface area contributed by atoms with E-state index >= 15 is 0 Å². The molecule has 0 aromatic heterocycles. The van der Waals surface area contributed by atoms with Gasteiger partial charge in [-0.3, -0.25) is 4.79 Å². The van der Waals surface area contributed by atoms with Crippen LogP contribution in [0.3, 0.4) is 0 Å². The van der Waals surface area contributed by atoms with E-state index in [0.717, 1.165) is 23.6 Å². The first-order chi connectivity index (χ1) is 10.1. The van der Waals surface area contributed by atoms with Crippen molar-refractivity contribution in [1.82, 2.24) is 5.32 Å². The van der Waals surface area contributed by atoms with Crippen molar-refractivity contribution in [1.29, 1.82) is 0 Å². The van der Waals surface area contributed by atoms with Crippen LogP contribution in [0.25, 0.3) is 6.08 Å². The van der Waals surface area contributed by atoms with E-state index in [2.05, 4.69) is 5.32 Å². The molecule has 0 saturated carbocycles. The maximum Gasteiger partial charge on any atom is 0.328 e. The average molecular weight is 289 g/mol. The molecule has 0 aliphatic carbocycles. The molecule has 1 saturated heterocycles. The number of amides is 1. The first kappa shape index (κ1) is 15.3. The molecule has 0 radical (unpaired) electrons. The summed E-state index contributed by atoms with van der Waals surface area (Å²) in [6.45, 7) is 3.04. The minimum atomic E-state index is -0.983. The van der Waals surface area contributed by atoms with Crippen molar-refractivity contribution in [2.24, 2.45) is 5.92 Å². The van der Waals surface area contributed by atoms with E-state index in [-0.39, 0.29) is 17.9 Å². The first-order valence-electron chi connectivity index (χ1n) is 6.95. The largest absolute Gasteiger partial charge is 0.478 e. The molecule has 1 aromatic rings. The molecule has 1 amide bonds. The van der Waals surface area contributed by atoms with Crippen LogP contribution in [0.4, 0.5) is 0 Å². The van der Waals surface area contributed by atoms with Crippen LogP contribution in [0.15, 0.2) is 30.3 Å². The fourth-order valence-corrected chi connectivity index (χ4v) is 2.26. The molecular weight excluding hydrogens is 270 g/mol. The molecule has 1 aliphatic heterocycles. The van der Waals surface area contributed by atoms with Gasteiger partial charge in [-0.15, -0.1) is 0 Å². The molecular formula is C16H19NO4. The molecule has 5 heteroatoms. The second-order valence-corrected chi connectivity index (χ2v) is 5.13. The molecule has 1 aromatic carbocycles. The summed E-state index contributed by atoms with van der Waals surface area (Å²) in [6.07, 6.45) is 3.39. The van der Waals surface area contributed by atoms with Crippen molar-refractivity contribution in [3.8, 4) is 0 Å². The zero-order valence-corrected chi connectivity index (χ0v) is 11.9. The third-order valence-corrected chi connectivity index (χ3v) is 3.49. The van der Waals surface area contributed by atoms with Crippen molar-refractivity contribution in [2.75, 3.05) is 13.2 Å². The lowest BCUT2D eigenvalue weighted by atomic mass is 10.0. The lowest BCUT2D eigenvalue weighted by molar-refractivity contribution is -0.131. The molecule has 1 heterocycles. The van der Waals surface area contributed by atoms with Gasteiger partial charge in [-0.1, -0.05) is 18.2 Å². The van der Waals surface area contributed by atoms with Gasteiger partial charge in [0.1, 0.15) is 0 Å². The number of carboxylic acids is 1. The molecule has 2 unspecified atom stereocenters. The van der Waals surface area contributed by atoms with E-state index in [4.69, 9.17) is 9.84 Å². The van der Waals surface area contributed by atoms with Gasteiger partial charge < -0.3 is 15.2 Å². The molecule has 112 valence electrons. The normalized spacial score (nSPS) is 19.6. The summed E-state index contributed by atoms with van der Waals surface area (Å²) in [5, 5.41) is 11.6. The lowest BCUT2D eigenvalue weighted by Crippen LogP contribution is -2.33. The Morgan fingerprint density at radius 2 is 2.29 bits per heavy atom. The third kappa shape index (κ3) is 4.43. The Bertz CT molecular complexity index is 547. The first-order valence-corrected chi connectivity index (χ1v) is 6.95. The van der Waals surface area contributed by atoms with Gasteiger partial charge in [0.15, 0.2) is 0 Å². The summed E-state index contributed by atoms with van der Waals surface area (Å²) in [5.41, 5.74) is 1.73. The van der Waals surface area contributed by atoms with Crippen LogP contribution in [0.5, 0.6) is 0 Å². The van der Waals surface area contributed by atoms with E-state index in [1.54, 1.807) is 0 Å². The summed E-state index contributed by atoms with van der Waals surface area (Å²) >= 11 is 0. The maximum atomic E-state index is 12.0. The highest BCUT2D eigenvalue weighted by molar-refractivity contribution is 5.85. The molecule has 0 spiro atoms. The van der Waals surface area contributed by atoms with E-state index in [1.165, 1.54) is 6.08 Å². The standard InChI is InChI=1S/C16H19NO4/c1-11(17-16(20)14-7-8-21-10-14)13-4-2-3-12(9-13)5-6-15(18)19/h2-6,9,11,14H,7-8,10H2,1H3,(H,17,20)(H,18,19). The van der Waals surface area contributed by atoms with E-state index in [0.29, 0.717) is 13.2 Å². The Morgan fingerprint density at radius 1 is 1.48 bits per heavy atom. The average Bonchev–Trinajstić information content (AvgIpc) is 2.99. The quantitative estimate of drug-likeness (QED) is 0.813. The fourth-order valence-electron chi connectivity index (χ4n) is 2.26. The number of carbonyl (C=O) groups is 2. The Morgan fingerprint density at radius 3 is 2.95 bits per heavy atom. The van der Waals surface area contributed by atoms with Crippen LogP contribution in [0.1, 0.15) is 30.5 Å². The Kier molecular flexibility index (Phi) is 5.11. The van der Waals surface area contributed by atoms with Crippen LogP contribution >= 0.6 is 0 Å². The highest BCUT2D eigenvalue weighted by Gasteiger charge is 2.24. The third-order valence-electron chi connectivity index (χ3n) is 3.49. The number of nitrogens with one attached hydrogen (secondary N) is 1. The number of rotatable bonds is 5. The number of carboxylic acid groups (broad SMARTS) is 1. The van der Waals surface area contributed by atoms with E-state index in [9.17, 15) is 9.59 Å². The molecule has 0 bridgehead atoms. The van der Waals surface area contributed by atoms with Gasteiger partial charge in [-0.25, -0.2) is 4.79 Å². The summed E-state index contributed by atoms with van der Waals surface area (Å²) in [4.78, 5) is 22.6.